The van der Waals surface area contributed by atoms with E-state index in [2.05, 4.69) is 10.1 Å². The molecule has 0 spiro atoms. The summed E-state index contributed by atoms with van der Waals surface area (Å²) in [7, 11) is 2.55. The summed E-state index contributed by atoms with van der Waals surface area (Å²) in [5.74, 6) is -2.06. The first-order valence-corrected chi connectivity index (χ1v) is 6.10. The molecule has 19 heavy (non-hydrogen) atoms. The summed E-state index contributed by atoms with van der Waals surface area (Å²) < 4.78 is 14.5. The fraction of sp³-hybridized carbons (Fsp3) is 0.750. The van der Waals surface area contributed by atoms with Crippen molar-refractivity contribution in [2.45, 2.75) is 18.4 Å². The summed E-state index contributed by atoms with van der Waals surface area (Å²) in [5.41, 5.74) is -1.12. The molecule has 3 atom stereocenters. The van der Waals surface area contributed by atoms with Crippen molar-refractivity contribution in [1.82, 2.24) is 5.32 Å². The number of hydrogen-bond acceptors (Lipinski definition) is 6. The molecule has 1 amide bonds. The van der Waals surface area contributed by atoms with Gasteiger partial charge in [0.1, 0.15) is 0 Å². The number of rotatable bonds is 4. The summed E-state index contributed by atoms with van der Waals surface area (Å²) in [6.45, 7) is 0.488. The van der Waals surface area contributed by atoms with Gasteiger partial charge in [-0.2, -0.15) is 0 Å². The van der Waals surface area contributed by atoms with Crippen LogP contribution in [-0.4, -0.2) is 50.8 Å². The summed E-state index contributed by atoms with van der Waals surface area (Å²) in [6.07, 6.45) is 0.831. The molecule has 1 saturated carbocycles. The van der Waals surface area contributed by atoms with Crippen LogP contribution >= 0.6 is 0 Å². The second kappa shape index (κ2) is 5.16. The van der Waals surface area contributed by atoms with Crippen LogP contribution in [0.5, 0.6) is 0 Å². The molecule has 0 aromatic carbocycles. The highest BCUT2D eigenvalue weighted by atomic mass is 16.5. The van der Waals surface area contributed by atoms with E-state index in [9.17, 15) is 14.4 Å². The third kappa shape index (κ3) is 2.56. The van der Waals surface area contributed by atoms with E-state index >= 15 is 0 Å². The quantitative estimate of drug-likeness (QED) is 0.676. The maximum Gasteiger partial charge on any atom is 0.334 e. The SMILES string of the molecule is COC(=O)[C@H]1C[C@H]1C(=O)N[C@]1(C(=O)OC)CCOC1. The number of carbonyl (C=O) groups excluding carboxylic acids is 3. The van der Waals surface area contributed by atoms with Crippen LogP contribution in [-0.2, 0) is 28.6 Å². The highest BCUT2D eigenvalue weighted by Crippen LogP contribution is 2.40. The normalized spacial score (nSPS) is 32.5. The topological polar surface area (TPSA) is 90.9 Å². The largest absolute Gasteiger partial charge is 0.469 e. The Hall–Kier alpha value is -1.63. The smallest absolute Gasteiger partial charge is 0.334 e. The minimum atomic E-state index is -1.12. The zero-order valence-electron chi connectivity index (χ0n) is 10.9. The zero-order valence-corrected chi connectivity index (χ0v) is 10.9. The van der Waals surface area contributed by atoms with Crippen LogP contribution in [0, 0.1) is 11.8 Å². The van der Waals surface area contributed by atoms with E-state index in [1.54, 1.807) is 0 Å². The minimum absolute atomic E-state index is 0.0982. The fourth-order valence-electron chi connectivity index (χ4n) is 2.30. The Morgan fingerprint density at radius 2 is 1.95 bits per heavy atom. The molecular weight excluding hydrogens is 254 g/mol. The highest BCUT2D eigenvalue weighted by Gasteiger charge is 2.53. The van der Waals surface area contributed by atoms with E-state index < -0.39 is 29.3 Å². The van der Waals surface area contributed by atoms with Crippen LogP contribution in [0.3, 0.4) is 0 Å². The standard InChI is InChI=1S/C12H17NO6/c1-17-10(15)8-5-7(8)9(14)13-12(11(16)18-2)3-4-19-6-12/h7-8H,3-6H2,1-2H3,(H,13,14)/t7-,8+,12-/m1/s1. The summed E-state index contributed by atoms with van der Waals surface area (Å²) >= 11 is 0. The molecule has 1 N–H and O–H groups in total. The van der Waals surface area contributed by atoms with Gasteiger partial charge in [-0.05, 0) is 6.42 Å². The van der Waals surface area contributed by atoms with Crippen LogP contribution in [0.2, 0.25) is 0 Å². The van der Waals surface area contributed by atoms with Crippen molar-refractivity contribution in [3.8, 4) is 0 Å². The maximum absolute atomic E-state index is 12.0. The number of carbonyl (C=O) groups is 3. The second-order valence-electron chi connectivity index (χ2n) is 4.84. The van der Waals surface area contributed by atoms with Crippen LogP contribution in [0.4, 0.5) is 0 Å². The molecule has 7 heteroatoms. The predicted molar refractivity (Wildman–Crippen MR) is 61.9 cm³/mol. The van der Waals surface area contributed by atoms with E-state index in [-0.39, 0.29) is 12.5 Å². The van der Waals surface area contributed by atoms with Crippen molar-refractivity contribution in [3.63, 3.8) is 0 Å². The Bertz CT molecular complexity index is 401. The summed E-state index contributed by atoms with van der Waals surface area (Å²) in [5, 5.41) is 2.67. The Labute approximate surface area is 110 Å². The molecule has 1 heterocycles. The van der Waals surface area contributed by atoms with Gasteiger partial charge in [0.05, 0.1) is 32.7 Å². The van der Waals surface area contributed by atoms with Crippen LogP contribution in [0.15, 0.2) is 0 Å². The molecule has 0 bridgehead atoms. The van der Waals surface area contributed by atoms with Gasteiger partial charge >= 0.3 is 11.9 Å². The number of amides is 1. The number of ether oxygens (including phenoxy) is 3. The van der Waals surface area contributed by atoms with Crippen molar-refractivity contribution in [2.24, 2.45) is 11.8 Å². The molecule has 1 aliphatic heterocycles. The molecule has 1 aliphatic carbocycles. The molecule has 0 aromatic heterocycles. The van der Waals surface area contributed by atoms with Gasteiger partial charge in [0, 0.05) is 13.0 Å². The number of nitrogens with one attached hydrogen (secondary N) is 1. The molecule has 0 aromatic rings. The molecular formula is C12H17NO6. The van der Waals surface area contributed by atoms with Crippen molar-refractivity contribution < 1.29 is 28.6 Å². The molecule has 2 rings (SSSR count). The molecule has 1 saturated heterocycles. The average Bonchev–Trinajstić information content (AvgIpc) is 3.10. The van der Waals surface area contributed by atoms with E-state index in [4.69, 9.17) is 9.47 Å². The Kier molecular flexibility index (Phi) is 3.75. The van der Waals surface area contributed by atoms with Crippen molar-refractivity contribution in [1.29, 1.82) is 0 Å². The van der Waals surface area contributed by atoms with E-state index in [0.717, 1.165) is 0 Å². The molecule has 7 nitrogen and oxygen atoms in total. The predicted octanol–water partition coefficient (Wildman–Crippen LogP) is -0.756. The fourth-order valence-corrected chi connectivity index (χ4v) is 2.30. The lowest BCUT2D eigenvalue weighted by Crippen LogP contribution is -2.56. The van der Waals surface area contributed by atoms with Crippen LogP contribution in [0.25, 0.3) is 0 Å². The molecule has 2 aliphatic rings. The van der Waals surface area contributed by atoms with Crippen molar-refractivity contribution in [3.05, 3.63) is 0 Å². The highest BCUT2D eigenvalue weighted by molar-refractivity contribution is 5.94. The van der Waals surface area contributed by atoms with Gasteiger partial charge in [-0.1, -0.05) is 0 Å². The number of hydrogen-bond donors (Lipinski definition) is 1. The average molecular weight is 271 g/mol. The summed E-state index contributed by atoms with van der Waals surface area (Å²) in [4.78, 5) is 35.1. The number of methoxy groups -OCH3 is 2. The van der Waals surface area contributed by atoms with Gasteiger partial charge in [-0.25, -0.2) is 4.79 Å². The minimum Gasteiger partial charge on any atom is -0.469 e. The zero-order chi connectivity index (χ0) is 14.0. The Balaban J connectivity index is 1.98. The second-order valence-corrected chi connectivity index (χ2v) is 4.84. The third-order valence-electron chi connectivity index (χ3n) is 3.59. The van der Waals surface area contributed by atoms with Crippen molar-refractivity contribution >= 4 is 17.8 Å². The first-order valence-electron chi connectivity index (χ1n) is 6.10. The molecule has 106 valence electrons. The monoisotopic (exact) mass is 271 g/mol. The van der Waals surface area contributed by atoms with Crippen molar-refractivity contribution in [2.75, 3.05) is 27.4 Å². The first kappa shape index (κ1) is 13.8. The van der Waals surface area contributed by atoms with E-state index in [1.165, 1.54) is 14.2 Å². The van der Waals surface area contributed by atoms with Gasteiger partial charge in [-0.3, -0.25) is 9.59 Å². The third-order valence-corrected chi connectivity index (χ3v) is 3.59. The van der Waals surface area contributed by atoms with Gasteiger partial charge < -0.3 is 19.5 Å². The molecule has 2 fully saturated rings. The van der Waals surface area contributed by atoms with Crippen LogP contribution < -0.4 is 5.32 Å². The lowest BCUT2D eigenvalue weighted by atomic mass is 9.98. The Morgan fingerprint density at radius 1 is 1.21 bits per heavy atom. The van der Waals surface area contributed by atoms with Gasteiger partial charge in [0.15, 0.2) is 5.54 Å². The Morgan fingerprint density at radius 3 is 2.47 bits per heavy atom. The maximum atomic E-state index is 12.0. The van der Waals surface area contributed by atoms with Crippen LogP contribution in [0.1, 0.15) is 12.8 Å². The lowest BCUT2D eigenvalue weighted by Gasteiger charge is -2.25. The van der Waals surface area contributed by atoms with E-state index in [1.807, 2.05) is 0 Å². The molecule has 0 radical (unpaired) electrons. The van der Waals surface area contributed by atoms with Gasteiger partial charge in [0.2, 0.25) is 5.91 Å². The van der Waals surface area contributed by atoms with E-state index in [0.29, 0.717) is 19.4 Å². The number of esters is 2. The molecule has 0 unspecified atom stereocenters. The summed E-state index contributed by atoms with van der Waals surface area (Å²) in [6, 6.07) is 0. The van der Waals surface area contributed by atoms with Gasteiger partial charge in [-0.15, -0.1) is 0 Å². The van der Waals surface area contributed by atoms with Gasteiger partial charge in [0.25, 0.3) is 0 Å². The lowest BCUT2D eigenvalue weighted by molar-refractivity contribution is -0.151. The first-order chi connectivity index (χ1) is 9.04.